The van der Waals surface area contributed by atoms with E-state index in [0.717, 1.165) is 38.2 Å². The summed E-state index contributed by atoms with van der Waals surface area (Å²) in [4.78, 5) is 12.4. The number of benzene rings is 3. The highest BCUT2D eigenvalue weighted by Gasteiger charge is 2.26. The Kier molecular flexibility index (Phi) is 7.40. The molecule has 3 aromatic carbocycles. The van der Waals surface area contributed by atoms with Crippen molar-refractivity contribution in [1.29, 1.82) is 0 Å². The van der Waals surface area contributed by atoms with Crippen molar-refractivity contribution in [3.63, 3.8) is 0 Å². The second kappa shape index (κ2) is 10.5. The van der Waals surface area contributed by atoms with E-state index in [1.807, 2.05) is 0 Å². The first-order valence-corrected chi connectivity index (χ1v) is 11.9. The van der Waals surface area contributed by atoms with Crippen molar-refractivity contribution in [1.82, 2.24) is 0 Å². The van der Waals surface area contributed by atoms with Gasteiger partial charge >= 0.3 is 5.97 Å². The molecule has 0 aliphatic heterocycles. The van der Waals surface area contributed by atoms with E-state index < -0.39 is 23.4 Å². The molecule has 0 spiro atoms. The maximum absolute atomic E-state index is 15.0. The summed E-state index contributed by atoms with van der Waals surface area (Å²) in [5.74, 6) is -1.90. The van der Waals surface area contributed by atoms with Crippen molar-refractivity contribution < 1.29 is 22.7 Å². The summed E-state index contributed by atoms with van der Waals surface area (Å²) in [7, 11) is 0. The average Bonchev–Trinajstić information content (AvgIpc) is 2.84. The summed E-state index contributed by atoms with van der Waals surface area (Å²) in [6, 6.07) is 13.6. The molecule has 1 fully saturated rings. The smallest absolute Gasteiger partial charge is 0.343 e. The second-order valence-electron chi connectivity index (χ2n) is 9.21. The van der Waals surface area contributed by atoms with E-state index in [4.69, 9.17) is 4.74 Å². The van der Waals surface area contributed by atoms with Crippen LogP contribution in [0.15, 0.2) is 54.6 Å². The monoisotopic (exact) mass is 466 g/mol. The van der Waals surface area contributed by atoms with Crippen LogP contribution in [0.25, 0.3) is 11.1 Å². The largest absolute Gasteiger partial charge is 0.423 e. The molecular formula is C29H29F3O2. The third kappa shape index (κ3) is 5.19. The van der Waals surface area contributed by atoms with E-state index in [2.05, 4.69) is 6.92 Å². The zero-order valence-corrected chi connectivity index (χ0v) is 19.5. The Morgan fingerprint density at radius 3 is 2.26 bits per heavy atom. The van der Waals surface area contributed by atoms with Gasteiger partial charge in [-0.25, -0.2) is 18.0 Å². The normalized spacial score (nSPS) is 18.0. The first kappa shape index (κ1) is 24.1. The van der Waals surface area contributed by atoms with Gasteiger partial charge in [-0.15, -0.1) is 0 Å². The van der Waals surface area contributed by atoms with E-state index >= 15 is 8.78 Å². The lowest BCUT2D eigenvalue weighted by Gasteiger charge is -2.29. The third-order valence-electron chi connectivity index (χ3n) is 6.88. The number of carbonyl (C=O) groups excluding carboxylic acids is 1. The molecule has 1 aliphatic carbocycles. The number of esters is 1. The molecule has 34 heavy (non-hydrogen) atoms. The SMILES string of the molecule is CCCC1CCC(c2ccc(-c3ccc(C(=O)Oc4ccc(C)c(F)c4)cc3)c(F)c2F)CC1. The molecule has 0 bridgehead atoms. The molecule has 4 rings (SSSR count). The van der Waals surface area contributed by atoms with Gasteiger partial charge in [0.25, 0.3) is 0 Å². The van der Waals surface area contributed by atoms with Crippen LogP contribution in [0.4, 0.5) is 13.2 Å². The lowest BCUT2D eigenvalue weighted by Crippen LogP contribution is -2.15. The number of carbonyl (C=O) groups is 1. The minimum Gasteiger partial charge on any atom is -0.423 e. The topological polar surface area (TPSA) is 26.3 Å². The predicted molar refractivity (Wildman–Crippen MR) is 127 cm³/mol. The Balaban J connectivity index is 1.47. The molecule has 0 aromatic heterocycles. The lowest BCUT2D eigenvalue weighted by molar-refractivity contribution is 0.0734. The fourth-order valence-corrected chi connectivity index (χ4v) is 4.86. The molecule has 0 saturated heterocycles. The summed E-state index contributed by atoms with van der Waals surface area (Å²) < 4.78 is 48.9. The third-order valence-corrected chi connectivity index (χ3v) is 6.88. The summed E-state index contributed by atoms with van der Waals surface area (Å²) in [5, 5.41) is 0. The molecule has 0 N–H and O–H groups in total. The maximum Gasteiger partial charge on any atom is 0.343 e. The van der Waals surface area contributed by atoms with Gasteiger partial charge < -0.3 is 4.74 Å². The zero-order valence-electron chi connectivity index (χ0n) is 19.5. The van der Waals surface area contributed by atoms with E-state index in [-0.39, 0.29) is 22.8 Å². The molecule has 5 heteroatoms. The minimum absolute atomic E-state index is 0.0559. The molecule has 0 heterocycles. The highest BCUT2D eigenvalue weighted by molar-refractivity contribution is 5.91. The van der Waals surface area contributed by atoms with Crippen LogP contribution in [-0.4, -0.2) is 5.97 Å². The quantitative estimate of drug-likeness (QED) is 0.269. The van der Waals surface area contributed by atoms with Gasteiger partial charge in [-0.2, -0.15) is 0 Å². The maximum atomic E-state index is 15.0. The molecule has 2 nitrogen and oxygen atoms in total. The van der Waals surface area contributed by atoms with Gasteiger partial charge in [0.15, 0.2) is 11.6 Å². The van der Waals surface area contributed by atoms with Gasteiger partial charge in [-0.1, -0.05) is 50.1 Å². The number of halogens is 3. The highest BCUT2D eigenvalue weighted by Crippen LogP contribution is 2.40. The second-order valence-corrected chi connectivity index (χ2v) is 9.21. The highest BCUT2D eigenvalue weighted by atomic mass is 19.2. The zero-order chi connectivity index (χ0) is 24.2. The van der Waals surface area contributed by atoms with Crippen molar-refractivity contribution in [2.45, 2.75) is 58.3 Å². The number of rotatable bonds is 6. The van der Waals surface area contributed by atoms with Crippen LogP contribution < -0.4 is 4.74 Å². The van der Waals surface area contributed by atoms with Crippen LogP contribution in [0, 0.1) is 30.3 Å². The van der Waals surface area contributed by atoms with Crippen LogP contribution in [-0.2, 0) is 0 Å². The number of ether oxygens (including phenoxy) is 1. The minimum atomic E-state index is -0.862. The van der Waals surface area contributed by atoms with Crippen molar-refractivity contribution in [2.75, 3.05) is 0 Å². The Morgan fingerprint density at radius 1 is 0.912 bits per heavy atom. The number of hydrogen-bond donors (Lipinski definition) is 0. The Morgan fingerprint density at radius 2 is 1.62 bits per heavy atom. The summed E-state index contributed by atoms with van der Waals surface area (Å²) in [6.45, 7) is 3.80. The van der Waals surface area contributed by atoms with Crippen LogP contribution in [0.3, 0.4) is 0 Å². The van der Waals surface area contributed by atoms with Gasteiger partial charge in [-0.3, -0.25) is 0 Å². The molecular weight excluding hydrogens is 437 g/mol. The molecule has 3 aromatic rings. The molecule has 1 saturated carbocycles. The van der Waals surface area contributed by atoms with Gasteiger partial charge in [0.1, 0.15) is 11.6 Å². The van der Waals surface area contributed by atoms with E-state index in [1.165, 1.54) is 30.7 Å². The lowest BCUT2D eigenvalue weighted by atomic mass is 9.77. The van der Waals surface area contributed by atoms with Gasteiger partial charge in [-0.05, 0) is 79.3 Å². The van der Waals surface area contributed by atoms with Gasteiger partial charge in [0.05, 0.1) is 5.56 Å². The standard InChI is InChI=1S/C29H29F3O2/c1-3-4-19-6-8-20(9-7-19)24-15-16-25(28(32)27(24)31)21-10-12-22(13-11-21)29(33)34-23-14-5-18(2)26(30)17-23/h5,10-17,19-20H,3-4,6-9H2,1-2H3. The first-order chi connectivity index (χ1) is 16.4. The first-order valence-electron chi connectivity index (χ1n) is 11.9. The summed E-state index contributed by atoms with van der Waals surface area (Å²) >= 11 is 0. The number of aryl methyl sites for hydroxylation is 1. The van der Waals surface area contributed by atoms with Crippen LogP contribution in [0.2, 0.25) is 0 Å². The Bertz CT molecular complexity index is 1160. The average molecular weight is 467 g/mol. The summed E-state index contributed by atoms with van der Waals surface area (Å²) in [5.41, 5.74) is 1.76. The fraction of sp³-hybridized carbons (Fsp3) is 0.345. The molecule has 0 unspecified atom stereocenters. The van der Waals surface area contributed by atoms with E-state index in [0.29, 0.717) is 22.6 Å². The fourth-order valence-electron chi connectivity index (χ4n) is 4.86. The van der Waals surface area contributed by atoms with Crippen molar-refractivity contribution in [3.05, 3.63) is 88.7 Å². The van der Waals surface area contributed by atoms with E-state index in [1.54, 1.807) is 31.2 Å². The molecule has 0 atom stereocenters. The van der Waals surface area contributed by atoms with Crippen molar-refractivity contribution >= 4 is 5.97 Å². The molecule has 0 radical (unpaired) electrons. The molecule has 1 aliphatic rings. The van der Waals surface area contributed by atoms with E-state index in [9.17, 15) is 9.18 Å². The van der Waals surface area contributed by atoms with Gasteiger partial charge in [0.2, 0.25) is 0 Å². The Hall–Kier alpha value is -3.08. The predicted octanol–water partition coefficient (Wildman–Crippen LogP) is 8.37. The van der Waals surface area contributed by atoms with Crippen LogP contribution in [0.5, 0.6) is 5.75 Å². The van der Waals surface area contributed by atoms with Gasteiger partial charge in [0, 0.05) is 11.6 Å². The van der Waals surface area contributed by atoms with Crippen LogP contribution in [0.1, 0.15) is 72.9 Å². The van der Waals surface area contributed by atoms with Crippen molar-refractivity contribution in [2.24, 2.45) is 5.92 Å². The van der Waals surface area contributed by atoms with Crippen LogP contribution >= 0.6 is 0 Å². The molecule has 0 amide bonds. The molecule has 178 valence electrons. The Labute approximate surface area is 198 Å². The number of hydrogen-bond acceptors (Lipinski definition) is 2. The van der Waals surface area contributed by atoms with Crippen molar-refractivity contribution in [3.8, 4) is 16.9 Å². The summed E-state index contributed by atoms with van der Waals surface area (Å²) in [6.07, 6.45) is 6.27.